The number of aliphatic hydroxyl groups is 1. The van der Waals surface area contributed by atoms with Crippen LogP contribution in [0.4, 0.5) is 0 Å². The molecule has 1 N–H and O–H groups in total. The zero-order valence-corrected chi connectivity index (χ0v) is 18.7. The Hall–Kier alpha value is -1.99. The second-order valence-electron chi connectivity index (χ2n) is 9.54. The van der Waals surface area contributed by atoms with Crippen molar-refractivity contribution >= 4 is 0 Å². The summed E-state index contributed by atoms with van der Waals surface area (Å²) in [5.74, 6) is 3.53. The molecule has 0 saturated carbocycles. The van der Waals surface area contributed by atoms with Crippen LogP contribution in [-0.2, 0) is 13.5 Å². The maximum Gasteiger partial charge on any atom is 0.265 e. The van der Waals surface area contributed by atoms with Gasteiger partial charge in [-0.15, -0.1) is 10.2 Å². The smallest absolute Gasteiger partial charge is 0.265 e. The minimum Gasteiger partial charge on any atom is -0.419 e. The minimum absolute atomic E-state index is 0.110. The molecule has 7 heteroatoms. The Morgan fingerprint density at radius 3 is 2.67 bits per heavy atom. The zero-order chi connectivity index (χ0) is 21.3. The van der Waals surface area contributed by atoms with E-state index in [1.54, 1.807) is 12.5 Å². The number of aromatic nitrogens is 4. The molecule has 0 radical (unpaired) electrons. The van der Waals surface area contributed by atoms with Crippen LogP contribution in [-0.4, -0.2) is 55.5 Å². The van der Waals surface area contributed by atoms with Gasteiger partial charge in [0, 0.05) is 33.1 Å². The number of imidazole rings is 1. The number of aliphatic hydroxyl groups excluding tert-OH is 1. The standard InChI is InChI=1S/C23H35N5O2/c1-15(2)20-10-17(11-22-25-26-23(30-22)21-12-24-14-27(21)4)16(3)9-18(20)13-28-7-5-19(29)6-8-28/h9,12,14-15,17-20,29H,5-8,10-11,13H2,1-4H3. The lowest BCUT2D eigenvalue weighted by Crippen LogP contribution is -2.42. The summed E-state index contributed by atoms with van der Waals surface area (Å²) in [6.45, 7) is 10.1. The number of hydrogen-bond acceptors (Lipinski definition) is 6. The van der Waals surface area contributed by atoms with E-state index in [9.17, 15) is 5.11 Å². The van der Waals surface area contributed by atoms with Crippen molar-refractivity contribution in [2.45, 2.75) is 52.6 Å². The molecule has 3 heterocycles. The quantitative estimate of drug-likeness (QED) is 0.732. The van der Waals surface area contributed by atoms with Gasteiger partial charge in [-0.05, 0) is 49.9 Å². The van der Waals surface area contributed by atoms with Crippen molar-refractivity contribution in [3.8, 4) is 11.6 Å². The number of piperidine rings is 1. The van der Waals surface area contributed by atoms with Gasteiger partial charge in [-0.3, -0.25) is 0 Å². The van der Waals surface area contributed by atoms with E-state index in [0.29, 0.717) is 35.5 Å². The number of nitrogens with zero attached hydrogens (tertiary/aromatic N) is 5. The third-order valence-electron chi connectivity index (χ3n) is 7.03. The molecule has 7 nitrogen and oxygen atoms in total. The van der Waals surface area contributed by atoms with Crippen molar-refractivity contribution in [2.24, 2.45) is 30.7 Å². The van der Waals surface area contributed by atoms with Gasteiger partial charge in [0.1, 0.15) is 5.69 Å². The normalized spacial score (nSPS) is 26.3. The van der Waals surface area contributed by atoms with E-state index in [-0.39, 0.29) is 6.10 Å². The fourth-order valence-electron chi connectivity index (χ4n) is 5.10. The summed E-state index contributed by atoms with van der Waals surface area (Å²) < 4.78 is 7.86. The Balaban J connectivity index is 1.45. The number of hydrogen-bond donors (Lipinski definition) is 1. The molecule has 1 aliphatic carbocycles. The monoisotopic (exact) mass is 413 g/mol. The largest absolute Gasteiger partial charge is 0.419 e. The molecule has 1 fully saturated rings. The van der Waals surface area contributed by atoms with Crippen LogP contribution in [0.3, 0.4) is 0 Å². The van der Waals surface area contributed by atoms with E-state index in [1.807, 2.05) is 11.6 Å². The van der Waals surface area contributed by atoms with Crippen LogP contribution in [0.5, 0.6) is 0 Å². The van der Waals surface area contributed by atoms with E-state index < -0.39 is 0 Å². The summed E-state index contributed by atoms with van der Waals surface area (Å²) in [6.07, 6.45) is 9.64. The van der Waals surface area contributed by atoms with Gasteiger partial charge in [0.2, 0.25) is 5.89 Å². The lowest BCUT2D eigenvalue weighted by molar-refractivity contribution is 0.0670. The van der Waals surface area contributed by atoms with Gasteiger partial charge in [0.15, 0.2) is 0 Å². The topological polar surface area (TPSA) is 80.2 Å². The van der Waals surface area contributed by atoms with Gasteiger partial charge >= 0.3 is 0 Å². The predicted molar refractivity (Wildman–Crippen MR) is 116 cm³/mol. The molecule has 2 aromatic heterocycles. The van der Waals surface area contributed by atoms with Crippen LogP contribution in [0.2, 0.25) is 0 Å². The van der Waals surface area contributed by atoms with E-state index in [4.69, 9.17) is 4.42 Å². The first kappa shape index (κ1) is 21.2. The third-order valence-corrected chi connectivity index (χ3v) is 7.03. The zero-order valence-electron chi connectivity index (χ0n) is 18.7. The molecule has 1 aliphatic heterocycles. The predicted octanol–water partition coefficient (Wildman–Crippen LogP) is 3.32. The molecule has 30 heavy (non-hydrogen) atoms. The van der Waals surface area contributed by atoms with Gasteiger partial charge in [-0.25, -0.2) is 4.98 Å². The number of allylic oxidation sites excluding steroid dienone is 1. The highest BCUT2D eigenvalue weighted by molar-refractivity contribution is 5.44. The van der Waals surface area contributed by atoms with E-state index in [1.165, 1.54) is 5.57 Å². The van der Waals surface area contributed by atoms with E-state index >= 15 is 0 Å². The van der Waals surface area contributed by atoms with Crippen molar-refractivity contribution in [2.75, 3.05) is 19.6 Å². The minimum atomic E-state index is -0.110. The Kier molecular flexibility index (Phi) is 6.39. The first-order chi connectivity index (χ1) is 14.4. The average molecular weight is 414 g/mol. The summed E-state index contributed by atoms with van der Waals surface area (Å²) in [5, 5.41) is 18.4. The second-order valence-corrected chi connectivity index (χ2v) is 9.54. The van der Waals surface area contributed by atoms with Gasteiger partial charge < -0.3 is 19.0 Å². The molecule has 1 saturated heterocycles. The van der Waals surface area contributed by atoms with E-state index in [0.717, 1.165) is 51.0 Å². The molecule has 4 rings (SSSR count). The Labute approximate surface area is 179 Å². The molecule has 3 atom stereocenters. The van der Waals surface area contributed by atoms with Crippen molar-refractivity contribution in [1.82, 2.24) is 24.6 Å². The number of rotatable bonds is 6. The highest BCUT2D eigenvalue weighted by Crippen LogP contribution is 2.39. The van der Waals surface area contributed by atoms with Crippen molar-refractivity contribution in [3.63, 3.8) is 0 Å². The second kappa shape index (κ2) is 9.02. The van der Waals surface area contributed by atoms with Crippen LogP contribution < -0.4 is 0 Å². The fraction of sp³-hybridized carbons (Fsp3) is 0.696. The molecule has 0 bridgehead atoms. The van der Waals surface area contributed by atoms with Crippen LogP contribution in [0, 0.1) is 23.7 Å². The van der Waals surface area contributed by atoms with Crippen molar-refractivity contribution in [3.05, 3.63) is 30.1 Å². The highest BCUT2D eigenvalue weighted by atomic mass is 16.4. The molecule has 2 aromatic rings. The molecule has 3 unspecified atom stereocenters. The SMILES string of the molecule is CC1=CC(CN2CCC(O)CC2)C(C(C)C)CC1Cc1nnc(-c2cncn2C)o1. The maximum absolute atomic E-state index is 9.80. The fourth-order valence-corrected chi connectivity index (χ4v) is 5.10. The summed E-state index contributed by atoms with van der Waals surface area (Å²) >= 11 is 0. The molecule has 2 aliphatic rings. The van der Waals surface area contributed by atoms with Crippen LogP contribution in [0.1, 0.15) is 45.9 Å². The van der Waals surface area contributed by atoms with Gasteiger partial charge in [0.25, 0.3) is 5.89 Å². The van der Waals surface area contributed by atoms with Crippen LogP contribution in [0.25, 0.3) is 11.6 Å². The molecular weight excluding hydrogens is 378 g/mol. The van der Waals surface area contributed by atoms with Crippen LogP contribution >= 0.6 is 0 Å². The van der Waals surface area contributed by atoms with Crippen molar-refractivity contribution < 1.29 is 9.52 Å². The summed E-state index contributed by atoms with van der Waals surface area (Å²) in [5.41, 5.74) is 2.28. The summed E-state index contributed by atoms with van der Waals surface area (Å²) in [6, 6.07) is 0. The lowest BCUT2D eigenvalue weighted by Gasteiger charge is -2.40. The first-order valence-corrected chi connectivity index (χ1v) is 11.3. The summed E-state index contributed by atoms with van der Waals surface area (Å²) in [4.78, 5) is 6.67. The van der Waals surface area contributed by atoms with Crippen molar-refractivity contribution in [1.29, 1.82) is 0 Å². The average Bonchev–Trinajstić information content (AvgIpc) is 3.34. The molecule has 0 spiro atoms. The first-order valence-electron chi connectivity index (χ1n) is 11.3. The maximum atomic E-state index is 9.80. The van der Waals surface area contributed by atoms with Gasteiger partial charge in [-0.2, -0.15) is 0 Å². The molecule has 0 aromatic carbocycles. The Bertz CT molecular complexity index is 863. The molecular formula is C23H35N5O2. The highest BCUT2D eigenvalue weighted by Gasteiger charge is 2.34. The third kappa shape index (κ3) is 4.67. The van der Waals surface area contributed by atoms with Gasteiger partial charge in [0.05, 0.1) is 18.6 Å². The van der Waals surface area contributed by atoms with E-state index in [2.05, 4.69) is 46.9 Å². The van der Waals surface area contributed by atoms with Crippen LogP contribution in [0.15, 0.2) is 28.6 Å². The lowest BCUT2D eigenvalue weighted by atomic mass is 9.69. The number of aryl methyl sites for hydroxylation is 1. The Morgan fingerprint density at radius 2 is 2.00 bits per heavy atom. The van der Waals surface area contributed by atoms with Gasteiger partial charge in [-0.1, -0.05) is 25.5 Å². The molecule has 164 valence electrons. The number of likely N-dealkylation sites (tertiary alicyclic amines) is 1. The summed E-state index contributed by atoms with van der Waals surface area (Å²) in [7, 11) is 1.93. The Morgan fingerprint density at radius 1 is 1.23 bits per heavy atom. The molecule has 0 amide bonds.